The van der Waals surface area contributed by atoms with Crippen LogP contribution in [0.2, 0.25) is 0 Å². The van der Waals surface area contributed by atoms with Gasteiger partial charge in [0.1, 0.15) is 12.7 Å². The largest absolute Gasteiger partial charge is 0.493 e. The first-order chi connectivity index (χ1) is 12.6. The highest BCUT2D eigenvalue weighted by Gasteiger charge is 2.15. The third-order valence-electron chi connectivity index (χ3n) is 3.81. The molecule has 0 radical (unpaired) electrons. The molecule has 8 heteroatoms. The monoisotopic (exact) mass is 384 g/mol. The molecule has 0 spiro atoms. The van der Waals surface area contributed by atoms with E-state index in [4.69, 9.17) is 30.6 Å². The predicted molar refractivity (Wildman–Crippen MR) is 101 cm³/mol. The minimum Gasteiger partial charge on any atom is -0.493 e. The van der Waals surface area contributed by atoms with Gasteiger partial charge in [-0.25, -0.2) is 0 Å². The standard InChI is InChI=1S/C18H25ClN2O5/c1-23-16-5-3-14(11-17(16)24-2)4-6-18(19)20-26-13-15(22)12-21-7-9-25-10-8-21/h3-6,11,15,22H,7-10,12-13H2,1-2H3. The second kappa shape index (κ2) is 11.0. The molecule has 7 nitrogen and oxygen atoms in total. The first-order valence-electron chi connectivity index (χ1n) is 8.36. The maximum Gasteiger partial charge on any atom is 0.168 e. The van der Waals surface area contributed by atoms with Crippen LogP contribution in [0.25, 0.3) is 6.08 Å². The molecule has 1 N–H and O–H groups in total. The Morgan fingerprint density at radius 2 is 2.04 bits per heavy atom. The van der Waals surface area contributed by atoms with Crippen molar-refractivity contribution in [3.63, 3.8) is 0 Å². The van der Waals surface area contributed by atoms with Gasteiger partial charge in [-0.05, 0) is 23.8 Å². The molecule has 1 saturated heterocycles. The number of methoxy groups -OCH3 is 2. The van der Waals surface area contributed by atoms with Gasteiger partial charge < -0.3 is 24.2 Å². The zero-order chi connectivity index (χ0) is 18.8. The number of benzene rings is 1. The quantitative estimate of drug-likeness (QED) is 0.518. The summed E-state index contributed by atoms with van der Waals surface area (Å²) < 4.78 is 15.7. The fourth-order valence-electron chi connectivity index (χ4n) is 2.47. The van der Waals surface area contributed by atoms with Gasteiger partial charge in [0.2, 0.25) is 0 Å². The van der Waals surface area contributed by atoms with E-state index in [9.17, 15) is 5.11 Å². The van der Waals surface area contributed by atoms with Crippen LogP contribution in [-0.4, -0.2) is 75.0 Å². The van der Waals surface area contributed by atoms with Crippen LogP contribution in [0.5, 0.6) is 11.5 Å². The van der Waals surface area contributed by atoms with Crippen molar-refractivity contribution >= 4 is 22.8 Å². The lowest BCUT2D eigenvalue weighted by molar-refractivity contribution is -0.0129. The van der Waals surface area contributed by atoms with E-state index in [0.29, 0.717) is 31.3 Å². The van der Waals surface area contributed by atoms with Crippen LogP contribution in [0.4, 0.5) is 0 Å². The third-order valence-corrected chi connectivity index (χ3v) is 4.01. The van der Waals surface area contributed by atoms with Gasteiger partial charge in [-0.1, -0.05) is 28.9 Å². The van der Waals surface area contributed by atoms with E-state index in [1.165, 1.54) is 0 Å². The number of morpholine rings is 1. The molecular formula is C18H25ClN2O5. The Hall–Kier alpha value is -1.80. The van der Waals surface area contributed by atoms with Gasteiger partial charge in [-0.2, -0.15) is 0 Å². The SMILES string of the molecule is COc1ccc(C=CC(Cl)=NOCC(O)CN2CCOCC2)cc1OC. The topological polar surface area (TPSA) is 72.8 Å². The molecule has 144 valence electrons. The summed E-state index contributed by atoms with van der Waals surface area (Å²) in [7, 11) is 3.16. The Morgan fingerprint density at radius 3 is 2.73 bits per heavy atom. The van der Waals surface area contributed by atoms with Gasteiger partial charge >= 0.3 is 0 Å². The summed E-state index contributed by atoms with van der Waals surface area (Å²) in [5, 5.41) is 13.9. The van der Waals surface area contributed by atoms with Crippen molar-refractivity contribution in [1.82, 2.24) is 4.90 Å². The van der Waals surface area contributed by atoms with E-state index in [1.54, 1.807) is 26.4 Å². The molecule has 1 atom stereocenters. The van der Waals surface area contributed by atoms with E-state index < -0.39 is 6.10 Å². The average Bonchev–Trinajstić information content (AvgIpc) is 2.66. The predicted octanol–water partition coefficient (Wildman–Crippen LogP) is 1.98. The first-order valence-corrected chi connectivity index (χ1v) is 8.74. The molecule has 0 aliphatic carbocycles. The molecule has 0 bridgehead atoms. The van der Waals surface area contributed by atoms with Gasteiger partial charge in [-0.15, -0.1) is 0 Å². The Balaban J connectivity index is 1.79. The Kier molecular flexibility index (Phi) is 8.70. The van der Waals surface area contributed by atoms with Crippen LogP contribution in [0, 0.1) is 0 Å². The fraction of sp³-hybridized carbons (Fsp3) is 0.500. The number of halogens is 1. The summed E-state index contributed by atoms with van der Waals surface area (Å²) in [4.78, 5) is 7.25. The molecule has 1 unspecified atom stereocenters. The molecule has 1 heterocycles. The highest BCUT2D eigenvalue weighted by Crippen LogP contribution is 2.27. The molecule has 0 saturated carbocycles. The summed E-state index contributed by atoms with van der Waals surface area (Å²) in [6.07, 6.45) is 2.76. The number of aliphatic hydroxyl groups excluding tert-OH is 1. The lowest BCUT2D eigenvalue weighted by Crippen LogP contribution is -2.42. The average molecular weight is 385 g/mol. The molecule has 1 aromatic rings. The Labute approximate surface area is 158 Å². The number of oxime groups is 1. The maximum atomic E-state index is 9.97. The van der Waals surface area contributed by atoms with E-state index in [1.807, 2.05) is 18.2 Å². The molecule has 1 aliphatic heterocycles. The van der Waals surface area contributed by atoms with Crippen molar-refractivity contribution in [2.75, 3.05) is 53.7 Å². The zero-order valence-electron chi connectivity index (χ0n) is 15.1. The molecular weight excluding hydrogens is 360 g/mol. The molecule has 1 aromatic carbocycles. The molecule has 0 amide bonds. The smallest absolute Gasteiger partial charge is 0.168 e. The summed E-state index contributed by atoms with van der Waals surface area (Å²) in [6.45, 7) is 3.62. The van der Waals surface area contributed by atoms with Crippen molar-refractivity contribution in [1.29, 1.82) is 0 Å². The van der Waals surface area contributed by atoms with Crippen molar-refractivity contribution in [2.24, 2.45) is 5.16 Å². The molecule has 26 heavy (non-hydrogen) atoms. The van der Waals surface area contributed by atoms with E-state index in [2.05, 4.69) is 10.1 Å². The second-order valence-electron chi connectivity index (χ2n) is 5.72. The number of allylic oxidation sites excluding steroid dienone is 1. The lowest BCUT2D eigenvalue weighted by Gasteiger charge is -2.28. The molecule has 2 rings (SSSR count). The van der Waals surface area contributed by atoms with E-state index in [-0.39, 0.29) is 11.8 Å². The van der Waals surface area contributed by atoms with Gasteiger partial charge in [0, 0.05) is 19.6 Å². The maximum absolute atomic E-state index is 9.97. The van der Waals surface area contributed by atoms with Gasteiger partial charge in [0.05, 0.1) is 27.4 Å². The third kappa shape index (κ3) is 6.84. The van der Waals surface area contributed by atoms with Crippen LogP contribution >= 0.6 is 11.6 Å². The van der Waals surface area contributed by atoms with E-state index >= 15 is 0 Å². The lowest BCUT2D eigenvalue weighted by atomic mass is 10.2. The van der Waals surface area contributed by atoms with Crippen LogP contribution < -0.4 is 9.47 Å². The van der Waals surface area contributed by atoms with Crippen molar-refractivity contribution in [3.8, 4) is 11.5 Å². The first kappa shape index (κ1) is 20.5. The van der Waals surface area contributed by atoms with Crippen molar-refractivity contribution < 1.29 is 24.2 Å². The number of rotatable bonds is 9. The Bertz CT molecular complexity index is 618. The highest BCUT2D eigenvalue weighted by molar-refractivity contribution is 6.68. The number of hydrogen-bond acceptors (Lipinski definition) is 7. The second-order valence-corrected chi connectivity index (χ2v) is 6.11. The number of β-amino-alcohol motifs (C(OH)–C–C–N with tert-alkyl or cyclic N) is 1. The van der Waals surface area contributed by atoms with Crippen LogP contribution in [0.1, 0.15) is 5.56 Å². The molecule has 0 aromatic heterocycles. The highest BCUT2D eigenvalue weighted by atomic mass is 35.5. The number of nitrogens with zero attached hydrogens (tertiary/aromatic N) is 2. The van der Waals surface area contributed by atoms with Crippen LogP contribution in [-0.2, 0) is 9.57 Å². The zero-order valence-corrected chi connectivity index (χ0v) is 15.8. The summed E-state index contributed by atoms with van der Waals surface area (Å²) in [5.74, 6) is 1.28. The number of hydrogen-bond donors (Lipinski definition) is 1. The minimum absolute atomic E-state index is 0.0811. The van der Waals surface area contributed by atoms with Gasteiger partial charge in [0.25, 0.3) is 0 Å². The van der Waals surface area contributed by atoms with Crippen molar-refractivity contribution in [3.05, 3.63) is 29.8 Å². The van der Waals surface area contributed by atoms with Gasteiger partial charge in [0.15, 0.2) is 16.7 Å². The normalized spacial score (nSPS) is 17.3. The van der Waals surface area contributed by atoms with Gasteiger partial charge in [-0.3, -0.25) is 4.90 Å². The summed E-state index contributed by atoms with van der Waals surface area (Å²) in [6, 6.07) is 5.50. The van der Waals surface area contributed by atoms with E-state index in [0.717, 1.165) is 18.7 Å². The number of aliphatic hydroxyl groups is 1. The minimum atomic E-state index is -0.629. The molecule has 1 aliphatic rings. The summed E-state index contributed by atoms with van der Waals surface area (Å²) >= 11 is 6.01. The Morgan fingerprint density at radius 1 is 1.31 bits per heavy atom. The summed E-state index contributed by atoms with van der Waals surface area (Å²) in [5.41, 5.74) is 0.878. The number of ether oxygens (including phenoxy) is 3. The molecule has 1 fully saturated rings. The van der Waals surface area contributed by atoms with Crippen LogP contribution in [0.3, 0.4) is 0 Å². The van der Waals surface area contributed by atoms with Crippen molar-refractivity contribution in [2.45, 2.75) is 6.10 Å². The van der Waals surface area contributed by atoms with Crippen LogP contribution in [0.15, 0.2) is 29.4 Å². The fourth-order valence-corrected chi connectivity index (χ4v) is 2.58.